The van der Waals surface area contributed by atoms with E-state index in [0.717, 1.165) is 0 Å². The van der Waals surface area contributed by atoms with Crippen molar-refractivity contribution in [2.24, 2.45) is 0 Å². The Balaban J connectivity index is 1.85. The summed E-state index contributed by atoms with van der Waals surface area (Å²) in [7, 11) is 3.09. The molecule has 3 aromatic carbocycles. The van der Waals surface area contributed by atoms with Crippen LogP contribution >= 0.6 is 0 Å². The minimum Gasteiger partial charge on any atom is -0.496 e. The van der Waals surface area contributed by atoms with Gasteiger partial charge in [0.15, 0.2) is 5.75 Å². The van der Waals surface area contributed by atoms with E-state index in [1.165, 1.54) is 36.3 Å². The van der Waals surface area contributed by atoms with Crippen molar-refractivity contribution in [1.29, 1.82) is 0 Å². The Labute approximate surface area is 217 Å². The van der Waals surface area contributed by atoms with Crippen molar-refractivity contribution in [1.82, 2.24) is 10.6 Å². The van der Waals surface area contributed by atoms with E-state index in [1.54, 1.807) is 38.2 Å². The topological polar surface area (TPSA) is 154 Å². The van der Waals surface area contributed by atoms with Crippen molar-refractivity contribution in [2.75, 3.05) is 25.7 Å². The maximum Gasteiger partial charge on any atom is 0.339 e. The Bertz CT molecular complexity index is 1440. The third-order valence-electron chi connectivity index (χ3n) is 6.49. The highest BCUT2D eigenvalue weighted by molar-refractivity contribution is 6.04. The number of methoxy groups -OCH3 is 1. The molecule has 2 amide bonds. The van der Waals surface area contributed by atoms with Gasteiger partial charge in [0.2, 0.25) is 5.91 Å². The van der Waals surface area contributed by atoms with E-state index in [0.29, 0.717) is 22.1 Å². The zero-order valence-electron chi connectivity index (χ0n) is 21.0. The number of amides is 2. The number of anilines is 1. The number of carboxylic acid groups (broad SMARTS) is 2. The molecule has 4 N–H and O–H groups in total. The molecule has 0 aromatic heterocycles. The molecule has 0 bridgehead atoms. The van der Waals surface area contributed by atoms with E-state index in [1.807, 2.05) is 0 Å². The van der Waals surface area contributed by atoms with Gasteiger partial charge in [-0.2, -0.15) is 0 Å². The van der Waals surface area contributed by atoms with Gasteiger partial charge in [0.1, 0.15) is 24.0 Å². The standard InChI is InChI=1S/C27H27N3O8/c1-14(28-2)24(31)29-20-13-38-23-18(27(35)36)5-4-6-21(23)30(25(20)32)12-19-17-9-7-16(26(33)34)11-15(17)8-10-22(19)37-3/h4-11,14,20,28H,12-13H2,1-3H3,(H,29,31)(H,33,34)(H,35,36). The molecule has 11 nitrogen and oxygen atoms in total. The van der Waals surface area contributed by atoms with Gasteiger partial charge >= 0.3 is 11.9 Å². The van der Waals surface area contributed by atoms with Gasteiger partial charge in [0.05, 0.1) is 30.9 Å². The zero-order chi connectivity index (χ0) is 27.6. The van der Waals surface area contributed by atoms with Gasteiger partial charge in [0, 0.05) is 5.56 Å². The summed E-state index contributed by atoms with van der Waals surface area (Å²) in [5.41, 5.74) is 0.754. The molecule has 11 heteroatoms. The summed E-state index contributed by atoms with van der Waals surface area (Å²) in [6.07, 6.45) is 0. The lowest BCUT2D eigenvalue weighted by Gasteiger charge is -2.27. The number of aromatic carboxylic acids is 2. The van der Waals surface area contributed by atoms with E-state index >= 15 is 0 Å². The monoisotopic (exact) mass is 521 g/mol. The average Bonchev–Trinajstić information content (AvgIpc) is 3.04. The number of nitrogens with one attached hydrogen (secondary N) is 2. The summed E-state index contributed by atoms with van der Waals surface area (Å²) in [4.78, 5) is 51.3. The van der Waals surface area contributed by atoms with E-state index in [4.69, 9.17) is 9.47 Å². The first-order chi connectivity index (χ1) is 18.2. The molecule has 198 valence electrons. The summed E-state index contributed by atoms with van der Waals surface area (Å²) in [6.45, 7) is 1.29. The number of para-hydroxylation sites is 1. The highest BCUT2D eigenvalue weighted by Gasteiger charge is 2.36. The molecule has 0 aliphatic carbocycles. The normalized spacial score (nSPS) is 15.7. The molecule has 2 unspecified atom stereocenters. The van der Waals surface area contributed by atoms with Crippen LogP contribution in [0.4, 0.5) is 5.69 Å². The number of hydrogen-bond donors (Lipinski definition) is 4. The molecule has 3 aromatic rings. The van der Waals surface area contributed by atoms with Crippen LogP contribution in [0.3, 0.4) is 0 Å². The SMILES string of the molecule is CNC(C)C(=O)NC1COc2c(C(=O)O)cccc2N(Cc2c(OC)ccc3cc(C(=O)O)ccc23)C1=O. The van der Waals surface area contributed by atoms with Crippen LogP contribution in [-0.4, -0.2) is 66.8 Å². The minimum atomic E-state index is -1.23. The Morgan fingerprint density at radius 1 is 1.13 bits per heavy atom. The third kappa shape index (κ3) is 4.96. The summed E-state index contributed by atoms with van der Waals surface area (Å²) in [6, 6.07) is 10.8. The molecular weight excluding hydrogens is 494 g/mol. The van der Waals surface area contributed by atoms with Crippen molar-refractivity contribution in [2.45, 2.75) is 25.6 Å². The molecule has 0 spiro atoms. The highest BCUT2D eigenvalue weighted by Crippen LogP contribution is 2.38. The predicted molar refractivity (Wildman–Crippen MR) is 138 cm³/mol. The van der Waals surface area contributed by atoms with Crippen LogP contribution in [0, 0.1) is 0 Å². The molecule has 38 heavy (non-hydrogen) atoms. The third-order valence-corrected chi connectivity index (χ3v) is 6.49. The molecule has 2 atom stereocenters. The second kappa shape index (κ2) is 10.8. The number of carbonyl (C=O) groups excluding carboxylic acids is 2. The van der Waals surface area contributed by atoms with Gasteiger partial charge in [-0.3, -0.25) is 9.59 Å². The van der Waals surface area contributed by atoms with E-state index in [2.05, 4.69) is 10.6 Å². The molecule has 4 rings (SSSR count). The van der Waals surface area contributed by atoms with Gasteiger partial charge in [-0.1, -0.05) is 18.2 Å². The number of fused-ring (bicyclic) bond motifs is 2. The number of rotatable bonds is 8. The smallest absolute Gasteiger partial charge is 0.339 e. The number of nitrogens with zero attached hydrogens (tertiary/aromatic N) is 1. The molecule has 0 fully saturated rings. The average molecular weight is 522 g/mol. The van der Waals surface area contributed by atoms with Gasteiger partial charge in [-0.15, -0.1) is 0 Å². The van der Waals surface area contributed by atoms with Crippen LogP contribution in [0.1, 0.15) is 33.2 Å². The summed E-state index contributed by atoms with van der Waals surface area (Å²) in [5, 5.41) is 25.9. The molecule has 0 saturated heterocycles. The molecule has 0 radical (unpaired) electrons. The van der Waals surface area contributed by atoms with Crippen molar-refractivity contribution in [3.05, 3.63) is 65.2 Å². The van der Waals surface area contributed by atoms with Crippen molar-refractivity contribution in [3.8, 4) is 11.5 Å². The van der Waals surface area contributed by atoms with Gasteiger partial charge in [-0.25, -0.2) is 9.59 Å². The molecule has 0 saturated carbocycles. The van der Waals surface area contributed by atoms with Crippen molar-refractivity contribution >= 4 is 40.2 Å². The van der Waals surface area contributed by atoms with Crippen LogP contribution in [0.2, 0.25) is 0 Å². The first-order valence-corrected chi connectivity index (χ1v) is 11.8. The van der Waals surface area contributed by atoms with Crippen LogP contribution in [0.5, 0.6) is 11.5 Å². The van der Waals surface area contributed by atoms with Crippen molar-refractivity contribution < 1.29 is 38.9 Å². The Morgan fingerprint density at radius 3 is 2.55 bits per heavy atom. The first-order valence-electron chi connectivity index (χ1n) is 11.8. The fourth-order valence-electron chi connectivity index (χ4n) is 4.32. The van der Waals surface area contributed by atoms with E-state index in [9.17, 15) is 29.4 Å². The maximum absolute atomic E-state index is 13.9. The quantitative estimate of drug-likeness (QED) is 0.349. The number of hydrogen-bond acceptors (Lipinski definition) is 7. The number of benzene rings is 3. The van der Waals surface area contributed by atoms with Crippen LogP contribution in [0.25, 0.3) is 10.8 Å². The fourth-order valence-corrected chi connectivity index (χ4v) is 4.32. The largest absolute Gasteiger partial charge is 0.496 e. The Morgan fingerprint density at radius 2 is 1.89 bits per heavy atom. The number of carboxylic acids is 2. The Hall–Kier alpha value is -4.64. The van der Waals surface area contributed by atoms with E-state index in [-0.39, 0.29) is 35.7 Å². The summed E-state index contributed by atoms with van der Waals surface area (Å²) in [5.74, 6) is -2.80. The number of ether oxygens (including phenoxy) is 2. The summed E-state index contributed by atoms with van der Waals surface area (Å²) < 4.78 is 11.4. The van der Waals surface area contributed by atoms with Gasteiger partial charge in [-0.05, 0) is 55.1 Å². The lowest BCUT2D eigenvalue weighted by Crippen LogP contribution is -2.53. The number of carbonyl (C=O) groups is 4. The lowest BCUT2D eigenvalue weighted by atomic mass is 10.00. The minimum absolute atomic E-state index is 0.000805. The van der Waals surface area contributed by atoms with Gasteiger partial charge in [0.25, 0.3) is 5.91 Å². The van der Waals surface area contributed by atoms with Crippen LogP contribution in [0.15, 0.2) is 48.5 Å². The Kier molecular flexibility index (Phi) is 7.49. The second-order valence-corrected chi connectivity index (χ2v) is 8.75. The maximum atomic E-state index is 13.9. The molecule has 1 heterocycles. The zero-order valence-corrected chi connectivity index (χ0v) is 21.0. The first kappa shape index (κ1) is 26.4. The van der Waals surface area contributed by atoms with Crippen molar-refractivity contribution in [3.63, 3.8) is 0 Å². The summed E-state index contributed by atoms with van der Waals surface area (Å²) >= 11 is 0. The molecule has 1 aliphatic heterocycles. The molecule has 1 aliphatic rings. The van der Waals surface area contributed by atoms with Crippen LogP contribution in [-0.2, 0) is 16.1 Å². The van der Waals surface area contributed by atoms with Crippen LogP contribution < -0.4 is 25.0 Å². The highest BCUT2D eigenvalue weighted by atomic mass is 16.5. The lowest BCUT2D eigenvalue weighted by molar-refractivity contribution is -0.129. The fraction of sp³-hybridized carbons (Fsp3) is 0.259. The molecular formula is C27H27N3O8. The van der Waals surface area contributed by atoms with Gasteiger partial charge < -0.3 is 35.2 Å². The number of likely N-dealkylation sites (N-methyl/N-ethyl adjacent to an activating group) is 1. The second-order valence-electron chi connectivity index (χ2n) is 8.75. The predicted octanol–water partition coefficient (Wildman–Crippen LogP) is 2.26. The van der Waals surface area contributed by atoms with E-state index < -0.39 is 35.8 Å².